The van der Waals surface area contributed by atoms with Gasteiger partial charge in [0.1, 0.15) is 0 Å². The van der Waals surface area contributed by atoms with Gasteiger partial charge in [-0.2, -0.15) is 8.42 Å². The van der Waals surface area contributed by atoms with Crippen molar-refractivity contribution in [1.29, 1.82) is 0 Å². The molecule has 0 aliphatic carbocycles. The van der Waals surface area contributed by atoms with Gasteiger partial charge in [-0.15, -0.1) is 0 Å². The molecule has 0 spiro atoms. The minimum Gasteiger partial charge on any atom is -0.392 e. The van der Waals surface area contributed by atoms with Gasteiger partial charge in [-0.25, -0.2) is 0 Å². The largest absolute Gasteiger partial charge is 0.392 e. The molecule has 0 aromatic rings. The first-order chi connectivity index (χ1) is 9.85. The van der Waals surface area contributed by atoms with Crippen molar-refractivity contribution < 1.29 is 27.3 Å². The Hall–Kier alpha value is 0.0500. The Morgan fingerprint density at radius 1 is 0.864 bits per heavy atom. The molecule has 0 aromatic carbocycles. The zero-order valence-electron chi connectivity index (χ0n) is 13.7. The smallest absolute Gasteiger partial charge is 0.331 e. The standard InChI is InChI=1S/C14H26O6S.Na/c1-2-3-4-5-6-7-8-9-10-11-13(15)20-14(16)12-21(17,18)19;/h2-12H2,1H3,(H,17,18,19);. The summed E-state index contributed by atoms with van der Waals surface area (Å²) in [7, 11) is -4.44. The van der Waals surface area contributed by atoms with Crippen LogP contribution in [0, 0.1) is 0 Å². The van der Waals surface area contributed by atoms with E-state index in [1.165, 1.54) is 32.1 Å². The molecule has 0 aliphatic heterocycles. The Bertz CT molecular complexity index is 408. The predicted molar refractivity (Wildman–Crippen MR) is 85.1 cm³/mol. The SMILES string of the molecule is CCCCCCCCCCCC(=O)OC(=O)CS(=O)(=O)O.[Na]. The fourth-order valence-electron chi connectivity index (χ4n) is 1.94. The molecule has 0 saturated carbocycles. The van der Waals surface area contributed by atoms with E-state index in [0.29, 0.717) is 6.42 Å². The third kappa shape index (κ3) is 18.1. The topological polar surface area (TPSA) is 97.7 Å². The molecule has 0 fully saturated rings. The van der Waals surface area contributed by atoms with Gasteiger partial charge >= 0.3 is 11.9 Å². The molecule has 0 aromatic heterocycles. The van der Waals surface area contributed by atoms with Crippen molar-refractivity contribution in [3.63, 3.8) is 0 Å². The van der Waals surface area contributed by atoms with Gasteiger partial charge in [0.25, 0.3) is 10.1 Å². The molecule has 0 heterocycles. The van der Waals surface area contributed by atoms with E-state index in [1.807, 2.05) is 0 Å². The van der Waals surface area contributed by atoms with E-state index < -0.39 is 27.8 Å². The molecule has 1 radical (unpaired) electrons. The van der Waals surface area contributed by atoms with E-state index in [9.17, 15) is 18.0 Å². The second-order valence-electron chi connectivity index (χ2n) is 5.15. The van der Waals surface area contributed by atoms with Crippen LogP contribution in [0.4, 0.5) is 0 Å². The molecule has 0 saturated heterocycles. The van der Waals surface area contributed by atoms with Crippen LogP contribution in [0.3, 0.4) is 0 Å². The average Bonchev–Trinajstić information content (AvgIpc) is 2.34. The molecule has 0 aliphatic rings. The first-order valence-corrected chi connectivity index (χ1v) is 9.14. The maximum absolute atomic E-state index is 11.2. The minimum absolute atomic E-state index is 0. The van der Waals surface area contributed by atoms with Crippen molar-refractivity contribution in [2.24, 2.45) is 0 Å². The van der Waals surface area contributed by atoms with E-state index >= 15 is 0 Å². The van der Waals surface area contributed by atoms with Crippen molar-refractivity contribution >= 4 is 51.6 Å². The first-order valence-electron chi connectivity index (χ1n) is 7.54. The van der Waals surface area contributed by atoms with E-state index in [0.717, 1.165) is 19.3 Å². The molecule has 0 amide bonds. The third-order valence-electron chi connectivity index (χ3n) is 3.01. The van der Waals surface area contributed by atoms with Crippen LogP contribution in [0.25, 0.3) is 0 Å². The summed E-state index contributed by atoms with van der Waals surface area (Å²) < 4.78 is 33.5. The maximum Gasteiger partial charge on any atom is 0.331 e. The van der Waals surface area contributed by atoms with E-state index in [4.69, 9.17) is 4.55 Å². The van der Waals surface area contributed by atoms with Gasteiger partial charge in [-0.05, 0) is 6.42 Å². The summed E-state index contributed by atoms with van der Waals surface area (Å²) in [6.07, 6.45) is 10.0. The molecule has 0 rings (SSSR count). The number of rotatable bonds is 12. The van der Waals surface area contributed by atoms with Gasteiger partial charge in [0.2, 0.25) is 0 Å². The Labute approximate surface area is 155 Å². The molecule has 0 bridgehead atoms. The molecule has 22 heavy (non-hydrogen) atoms. The molecule has 125 valence electrons. The van der Waals surface area contributed by atoms with E-state index in [-0.39, 0.29) is 36.0 Å². The Morgan fingerprint density at radius 3 is 1.77 bits per heavy atom. The number of carbonyl (C=O) groups excluding carboxylic acids is 2. The Morgan fingerprint density at radius 2 is 1.32 bits per heavy atom. The van der Waals surface area contributed by atoms with E-state index in [2.05, 4.69) is 11.7 Å². The Balaban J connectivity index is 0. The van der Waals surface area contributed by atoms with Gasteiger partial charge in [0.15, 0.2) is 5.75 Å². The van der Waals surface area contributed by atoms with Gasteiger partial charge < -0.3 is 4.74 Å². The van der Waals surface area contributed by atoms with Crippen LogP contribution in [0.2, 0.25) is 0 Å². The van der Waals surface area contributed by atoms with Gasteiger partial charge in [0, 0.05) is 36.0 Å². The number of unbranched alkanes of at least 4 members (excludes halogenated alkanes) is 8. The second kappa shape index (κ2) is 14.6. The van der Waals surface area contributed by atoms with Crippen molar-refractivity contribution in [3.05, 3.63) is 0 Å². The second-order valence-corrected chi connectivity index (χ2v) is 6.60. The monoisotopic (exact) mass is 345 g/mol. The minimum atomic E-state index is -4.44. The first kappa shape index (κ1) is 24.3. The van der Waals surface area contributed by atoms with Gasteiger partial charge in [-0.3, -0.25) is 14.1 Å². The fraction of sp³-hybridized carbons (Fsp3) is 0.857. The molecule has 0 unspecified atom stereocenters. The maximum atomic E-state index is 11.2. The summed E-state index contributed by atoms with van der Waals surface area (Å²) in [5.74, 6) is -3.17. The zero-order valence-corrected chi connectivity index (χ0v) is 16.5. The van der Waals surface area contributed by atoms with Crippen molar-refractivity contribution in [2.75, 3.05) is 5.75 Å². The van der Waals surface area contributed by atoms with Gasteiger partial charge in [-0.1, -0.05) is 58.3 Å². The normalized spacial score (nSPS) is 10.8. The summed E-state index contributed by atoms with van der Waals surface area (Å²) in [5.41, 5.74) is 0. The summed E-state index contributed by atoms with van der Waals surface area (Å²) in [5, 5.41) is 0. The molecule has 8 heteroatoms. The van der Waals surface area contributed by atoms with Crippen LogP contribution in [0.1, 0.15) is 71.1 Å². The summed E-state index contributed by atoms with van der Waals surface area (Å²) in [6, 6.07) is 0. The van der Waals surface area contributed by atoms with E-state index in [1.54, 1.807) is 0 Å². The van der Waals surface area contributed by atoms with Crippen LogP contribution in [0.15, 0.2) is 0 Å². The quantitative estimate of drug-likeness (QED) is 0.192. The predicted octanol–water partition coefficient (Wildman–Crippen LogP) is 2.48. The summed E-state index contributed by atoms with van der Waals surface area (Å²) >= 11 is 0. The molecular weight excluding hydrogens is 319 g/mol. The average molecular weight is 345 g/mol. The molecule has 1 N–H and O–H groups in total. The third-order valence-corrected chi connectivity index (χ3v) is 3.61. The van der Waals surface area contributed by atoms with Crippen LogP contribution in [-0.2, 0) is 24.4 Å². The van der Waals surface area contributed by atoms with Crippen molar-refractivity contribution in [2.45, 2.75) is 71.1 Å². The number of hydrogen-bond acceptors (Lipinski definition) is 5. The van der Waals surface area contributed by atoms with Crippen LogP contribution in [0.5, 0.6) is 0 Å². The zero-order chi connectivity index (χ0) is 16.1. The fourth-order valence-corrected chi connectivity index (χ4v) is 2.29. The molecule has 0 atom stereocenters. The molecule has 6 nitrogen and oxygen atoms in total. The van der Waals surface area contributed by atoms with Crippen LogP contribution >= 0.6 is 0 Å². The number of esters is 2. The summed E-state index contributed by atoms with van der Waals surface area (Å²) in [6.45, 7) is 2.18. The van der Waals surface area contributed by atoms with Gasteiger partial charge in [0.05, 0.1) is 0 Å². The van der Waals surface area contributed by atoms with Crippen LogP contribution in [-0.4, -0.2) is 60.2 Å². The molecular formula is C14H26NaO6S. The number of hydrogen-bond donors (Lipinski definition) is 1. The number of ether oxygens (including phenoxy) is 1. The van der Waals surface area contributed by atoms with Crippen molar-refractivity contribution in [3.8, 4) is 0 Å². The summed E-state index contributed by atoms with van der Waals surface area (Å²) in [4.78, 5) is 22.2. The Kier molecular flexibility index (Phi) is 16.2. The van der Waals surface area contributed by atoms with Crippen molar-refractivity contribution in [1.82, 2.24) is 0 Å². The van der Waals surface area contributed by atoms with Crippen LogP contribution < -0.4 is 0 Å². The number of carbonyl (C=O) groups is 2.